The molecular weight excluding hydrogens is 256 g/mol. The quantitative estimate of drug-likeness (QED) is 0.564. The Bertz CT molecular complexity index is 431. The molecule has 0 saturated carbocycles. The molecule has 20 heavy (non-hydrogen) atoms. The molecule has 0 saturated heterocycles. The summed E-state index contributed by atoms with van der Waals surface area (Å²) >= 11 is 0. The summed E-state index contributed by atoms with van der Waals surface area (Å²) in [4.78, 5) is 22.4. The standard InChI is InChI=1S/C14H22N4O2/c1-11(19)17-10-12-4-6-13(7-5-12)18-14(20)16-9-3-2-8-15/h4-7H,2-3,8-10,15H2,1H3,(H,17,19)(H2,16,18,20). The largest absolute Gasteiger partial charge is 0.352 e. The van der Waals surface area contributed by atoms with E-state index < -0.39 is 0 Å². The van der Waals surface area contributed by atoms with E-state index in [-0.39, 0.29) is 11.9 Å². The molecule has 0 atom stereocenters. The highest BCUT2D eigenvalue weighted by molar-refractivity contribution is 5.89. The van der Waals surface area contributed by atoms with Gasteiger partial charge in [-0.1, -0.05) is 12.1 Å². The molecule has 0 fully saturated rings. The third-order valence-electron chi connectivity index (χ3n) is 2.67. The minimum atomic E-state index is -0.225. The molecular formula is C14H22N4O2. The summed E-state index contributed by atoms with van der Waals surface area (Å²) in [6, 6.07) is 7.10. The van der Waals surface area contributed by atoms with Crippen LogP contribution in [0.2, 0.25) is 0 Å². The lowest BCUT2D eigenvalue weighted by molar-refractivity contribution is -0.119. The van der Waals surface area contributed by atoms with E-state index in [0.29, 0.717) is 25.3 Å². The highest BCUT2D eigenvalue weighted by atomic mass is 16.2. The number of amides is 3. The van der Waals surface area contributed by atoms with E-state index in [1.165, 1.54) is 6.92 Å². The van der Waals surface area contributed by atoms with Crippen LogP contribution in [0.4, 0.5) is 10.5 Å². The average molecular weight is 278 g/mol. The van der Waals surface area contributed by atoms with Gasteiger partial charge in [0, 0.05) is 25.7 Å². The molecule has 3 amide bonds. The van der Waals surface area contributed by atoms with E-state index in [0.717, 1.165) is 18.4 Å². The lowest BCUT2D eigenvalue weighted by Gasteiger charge is -2.08. The maximum Gasteiger partial charge on any atom is 0.319 e. The van der Waals surface area contributed by atoms with Crippen molar-refractivity contribution in [2.75, 3.05) is 18.4 Å². The van der Waals surface area contributed by atoms with Gasteiger partial charge in [-0.15, -0.1) is 0 Å². The number of carbonyl (C=O) groups is 2. The monoisotopic (exact) mass is 278 g/mol. The minimum absolute atomic E-state index is 0.0657. The summed E-state index contributed by atoms with van der Waals surface area (Å²) in [5.74, 6) is -0.0657. The Hall–Kier alpha value is -2.08. The van der Waals surface area contributed by atoms with Crippen molar-refractivity contribution in [2.45, 2.75) is 26.3 Å². The van der Waals surface area contributed by atoms with Crippen LogP contribution in [0.1, 0.15) is 25.3 Å². The van der Waals surface area contributed by atoms with E-state index in [1.807, 2.05) is 12.1 Å². The van der Waals surface area contributed by atoms with Crippen LogP contribution in [0.15, 0.2) is 24.3 Å². The van der Waals surface area contributed by atoms with Crippen LogP contribution in [-0.2, 0) is 11.3 Å². The topological polar surface area (TPSA) is 96.2 Å². The summed E-state index contributed by atoms with van der Waals surface area (Å²) in [7, 11) is 0. The van der Waals surface area contributed by atoms with E-state index in [1.54, 1.807) is 12.1 Å². The second kappa shape index (κ2) is 8.92. The third-order valence-corrected chi connectivity index (χ3v) is 2.67. The van der Waals surface area contributed by atoms with Gasteiger partial charge in [0.1, 0.15) is 0 Å². The van der Waals surface area contributed by atoms with Gasteiger partial charge >= 0.3 is 6.03 Å². The average Bonchev–Trinajstić information content (AvgIpc) is 2.43. The molecule has 1 aromatic rings. The summed E-state index contributed by atoms with van der Waals surface area (Å²) in [5, 5.41) is 8.21. The van der Waals surface area contributed by atoms with Crippen molar-refractivity contribution < 1.29 is 9.59 Å². The van der Waals surface area contributed by atoms with Crippen LogP contribution in [0.25, 0.3) is 0 Å². The van der Waals surface area contributed by atoms with Gasteiger partial charge in [-0.05, 0) is 37.1 Å². The van der Waals surface area contributed by atoms with Gasteiger partial charge in [0.05, 0.1) is 0 Å². The maximum absolute atomic E-state index is 11.6. The van der Waals surface area contributed by atoms with Crippen molar-refractivity contribution >= 4 is 17.6 Å². The number of nitrogens with two attached hydrogens (primary N) is 1. The molecule has 0 aliphatic carbocycles. The minimum Gasteiger partial charge on any atom is -0.352 e. The van der Waals surface area contributed by atoms with Crippen LogP contribution >= 0.6 is 0 Å². The molecule has 0 radical (unpaired) electrons. The number of nitrogens with one attached hydrogen (secondary N) is 3. The second-order valence-electron chi connectivity index (χ2n) is 4.48. The Morgan fingerprint density at radius 1 is 1.10 bits per heavy atom. The summed E-state index contributed by atoms with van der Waals surface area (Å²) in [5.41, 5.74) is 7.07. The third kappa shape index (κ3) is 6.75. The molecule has 0 spiro atoms. The predicted molar refractivity (Wildman–Crippen MR) is 79.3 cm³/mol. The molecule has 0 bridgehead atoms. The summed E-state index contributed by atoms with van der Waals surface area (Å²) in [6.07, 6.45) is 1.78. The van der Waals surface area contributed by atoms with Crippen LogP contribution in [0.5, 0.6) is 0 Å². The van der Waals surface area contributed by atoms with Crippen molar-refractivity contribution in [1.82, 2.24) is 10.6 Å². The molecule has 6 heteroatoms. The predicted octanol–water partition coefficient (Wildman–Crippen LogP) is 1.18. The second-order valence-corrected chi connectivity index (χ2v) is 4.48. The van der Waals surface area contributed by atoms with E-state index >= 15 is 0 Å². The fourth-order valence-corrected chi connectivity index (χ4v) is 1.58. The molecule has 110 valence electrons. The SMILES string of the molecule is CC(=O)NCc1ccc(NC(=O)NCCCCN)cc1. The molecule has 0 heterocycles. The van der Waals surface area contributed by atoms with Crippen LogP contribution < -0.4 is 21.7 Å². The lowest BCUT2D eigenvalue weighted by Crippen LogP contribution is -2.29. The van der Waals surface area contributed by atoms with Gasteiger partial charge in [-0.25, -0.2) is 4.79 Å². The molecule has 1 rings (SSSR count). The van der Waals surface area contributed by atoms with Gasteiger partial charge < -0.3 is 21.7 Å². The number of rotatable bonds is 7. The van der Waals surface area contributed by atoms with Crippen LogP contribution in [-0.4, -0.2) is 25.0 Å². The number of unbranched alkanes of at least 4 members (excludes halogenated alkanes) is 1. The van der Waals surface area contributed by atoms with E-state index in [9.17, 15) is 9.59 Å². The van der Waals surface area contributed by atoms with Crippen molar-refractivity contribution in [3.63, 3.8) is 0 Å². The fraction of sp³-hybridized carbons (Fsp3) is 0.429. The Kier molecular flexibility index (Phi) is 7.13. The smallest absolute Gasteiger partial charge is 0.319 e. The Labute approximate surface area is 119 Å². The number of hydrogen-bond acceptors (Lipinski definition) is 3. The first-order chi connectivity index (χ1) is 9.61. The number of carbonyl (C=O) groups excluding carboxylic acids is 2. The highest BCUT2D eigenvalue weighted by Gasteiger charge is 2.01. The van der Waals surface area contributed by atoms with Gasteiger partial charge in [0.2, 0.25) is 5.91 Å². The lowest BCUT2D eigenvalue weighted by atomic mass is 10.2. The Morgan fingerprint density at radius 3 is 2.40 bits per heavy atom. The van der Waals surface area contributed by atoms with Gasteiger partial charge in [0.25, 0.3) is 0 Å². The molecule has 0 aliphatic rings. The van der Waals surface area contributed by atoms with Gasteiger partial charge in [-0.3, -0.25) is 4.79 Å². The Balaban J connectivity index is 2.33. The molecule has 0 aromatic heterocycles. The van der Waals surface area contributed by atoms with Crippen molar-refractivity contribution in [2.24, 2.45) is 5.73 Å². The highest BCUT2D eigenvalue weighted by Crippen LogP contribution is 2.09. The molecule has 0 unspecified atom stereocenters. The van der Waals surface area contributed by atoms with Gasteiger partial charge in [-0.2, -0.15) is 0 Å². The first kappa shape index (κ1) is 16.0. The van der Waals surface area contributed by atoms with E-state index in [2.05, 4.69) is 16.0 Å². The Morgan fingerprint density at radius 2 is 1.80 bits per heavy atom. The summed E-state index contributed by atoms with van der Waals surface area (Å²) < 4.78 is 0. The summed E-state index contributed by atoms with van der Waals surface area (Å²) in [6.45, 7) is 3.22. The zero-order valence-corrected chi connectivity index (χ0v) is 11.7. The molecule has 5 N–H and O–H groups in total. The molecule has 6 nitrogen and oxygen atoms in total. The van der Waals surface area contributed by atoms with Gasteiger partial charge in [0.15, 0.2) is 0 Å². The van der Waals surface area contributed by atoms with E-state index in [4.69, 9.17) is 5.73 Å². The first-order valence-corrected chi connectivity index (χ1v) is 6.70. The number of urea groups is 1. The van der Waals surface area contributed by atoms with Crippen molar-refractivity contribution in [3.8, 4) is 0 Å². The molecule has 0 aliphatic heterocycles. The maximum atomic E-state index is 11.6. The zero-order valence-electron chi connectivity index (χ0n) is 11.7. The number of hydrogen-bond donors (Lipinski definition) is 4. The zero-order chi connectivity index (χ0) is 14.8. The number of benzene rings is 1. The van der Waals surface area contributed by atoms with Crippen LogP contribution in [0, 0.1) is 0 Å². The fourth-order valence-electron chi connectivity index (χ4n) is 1.58. The normalized spacial score (nSPS) is 9.90. The number of anilines is 1. The molecule has 1 aromatic carbocycles. The van der Waals surface area contributed by atoms with Crippen LogP contribution in [0.3, 0.4) is 0 Å². The van der Waals surface area contributed by atoms with Crippen molar-refractivity contribution in [3.05, 3.63) is 29.8 Å². The first-order valence-electron chi connectivity index (χ1n) is 6.70. The van der Waals surface area contributed by atoms with Crippen molar-refractivity contribution in [1.29, 1.82) is 0 Å².